The van der Waals surface area contributed by atoms with E-state index in [-0.39, 0.29) is 18.2 Å². The molecule has 156 valence electrons. The summed E-state index contributed by atoms with van der Waals surface area (Å²) in [6.45, 7) is 6.57. The minimum absolute atomic E-state index is 0.0704. The Balaban J connectivity index is 1.86. The third-order valence-corrected chi connectivity index (χ3v) is 4.81. The molecule has 9 nitrogen and oxygen atoms in total. The number of aliphatic imine (C=N–C) groups is 1. The van der Waals surface area contributed by atoms with Crippen molar-refractivity contribution in [2.24, 2.45) is 4.99 Å². The van der Waals surface area contributed by atoms with Gasteiger partial charge in [-0.25, -0.2) is 14.8 Å². The maximum Gasteiger partial charge on any atom is 0.410 e. The summed E-state index contributed by atoms with van der Waals surface area (Å²) in [6.07, 6.45) is 3.37. The Hall–Kier alpha value is -3.02. The van der Waals surface area contributed by atoms with E-state index in [1.54, 1.807) is 22.3 Å². The molecule has 0 radical (unpaired) electrons. The summed E-state index contributed by atoms with van der Waals surface area (Å²) in [6, 6.07) is 2.14. The van der Waals surface area contributed by atoms with Crippen molar-refractivity contribution in [1.29, 1.82) is 5.26 Å². The van der Waals surface area contributed by atoms with Crippen LogP contribution in [0.25, 0.3) is 0 Å². The quantitative estimate of drug-likeness (QED) is 0.556. The van der Waals surface area contributed by atoms with E-state index in [4.69, 9.17) is 9.47 Å². The number of ether oxygens (including phenoxy) is 2. The normalized spacial score (nSPS) is 21.1. The zero-order chi connectivity index (χ0) is 21.3. The molecule has 0 bridgehead atoms. The van der Waals surface area contributed by atoms with Crippen LogP contribution in [0.15, 0.2) is 11.2 Å². The molecule has 1 saturated heterocycles. The van der Waals surface area contributed by atoms with Gasteiger partial charge in [-0.2, -0.15) is 5.26 Å². The number of nitrogens with zero attached hydrogens (tertiary/aromatic N) is 6. The Morgan fingerprint density at radius 3 is 2.83 bits per heavy atom. The lowest BCUT2D eigenvalue weighted by Gasteiger charge is -2.46. The Labute approximate surface area is 171 Å². The fourth-order valence-electron chi connectivity index (χ4n) is 3.44. The number of anilines is 1. The van der Waals surface area contributed by atoms with Gasteiger partial charge in [0.1, 0.15) is 29.0 Å². The number of carbonyl (C=O) groups is 1. The monoisotopic (exact) mass is 400 g/mol. The van der Waals surface area contributed by atoms with Gasteiger partial charge in [-0.3, -0.25) is 0 Å². The van der Waals surface area contributed by atoms with Gasteiger partial charge in [-0.05, 0) is 20.8 Å². The predicted molar refractivity (Wildman–Crippen MR) is 110 cm³/mol. The van der Waals surface area contributed by atoms with Crippen LogP contribution in [0.4, 0.5) is 16.3 Å². The molecule has 0 spiro atoms. The second-order valence-electron chi connectivity index (χ2n) is 8.54. The Kier molecular flexibility index (Phi) is 5.55. The highest BCUT2D eigenvalue weighted by Gasteiger charge is 2.42. The maximum absolute atomic E-state index is 12.5. The predicted octanol–water partition coefficient (Wildman–Crippen LogP) is 2.38. The smallest absolute Gasteiger partial charge is 0.410 e. The average molecular weight is 400 g/mol. The molecule has 2 atom stereocenters. The first-order chi connectivity index (χ1) is 13.6. The first-order valence-corrected chi connectivity index (χ1v) is 9.62. The van der Waals surface area contributed by atoms with Crippen LogP contribution in [-0.2, 0) is 4.74 Å². The Morgan fingerprint density at radius 2 is 2.21 bits per heavy atom. The minimum atomic E-state index is -0.539. The third kappa shape index (κ3) is 4.36. The zero-order valence-corrected chi connectivity index (χ0v) is 17.8. The van der Waals surface area contributed by atoms with Crippen molar-refractivity contribution < 1.29 is 14.3 Å². The molecule has 0 unspecified atom stereocenters. The van der Waals surface area contributed by atoms with Crippen LogP contribution >= 0.6 is 0 Å². The largest absolute Gasteiger partial charge is 0.483 e. The van der Waals surface area contributed by atoms with Crippen LogP contribution in [0, 0.1) is 11.3 Å². The van der Waals surface area contributed by atoms with E-state index in [0.717, 1.165) is 0 Å². The fraction of sp³-hybridized carbons (Fsp3) is 0.600. The first-order valence-electron chi connectivity index (χ1n) is 9.62. The molecule has 0 aliphatic carbocycles. The average Bonchev–Trinajstić information content (AvgIpc) is 2.64. The molecule has 1 aromatic rings. The van der Waals surface area contributed by atoms with Gasteiger partial charge in [0.2, 0.25) is 0 Å². The van der Waals surface area contributed by atoms with Crippen LogP contribution in [0.5, 0.6) is 5.75 Å². The molecular weight excluding hydrogens is 372 g/mol. The molecule has 9 heteroatoms. The molecule has 1 fully saturated rings. The number of amides is 1. The highest BCUT2D eigenvalue weighted by atomic mass is 16.6. The zero-order valence-electron chi connectivity index (χ0n) is 17.8. The molecule has 1 amide bonds. The maximum atomic E-state index is 12.5. The number of carbonyl (C=O) groups excluding carboxylic acids is 1. The number of piperidine rings is 1. The van der Waals surface area contributed by atoms with Gasteiger partial charge in [-0.15, -0.1) is 0 Å². The van der Waals surface area contributed by atoms with Gasteiger partial charge < -0.3 is 24.2 Å². The summed E-state index contributed by atoms with van der Waals surface area (Å²) in [7, 11) is 5.62. The first kappa shape index (κ1) is 20.7. The van der Waals surface area contributed by atoms with E-state index in [1.165, 1.54) is 0 Å². The second kappa shape index (κ2) is 7.78. The molecule has 2 aliphatic rings. The van der Waals surface area contributed by atoms with Gasteiger partial charge in [-0.1, -0.05) is 0 Å². The molecule has 0 aromatic carbocycles. The van der Waals surface area contributed by atoms with E-state index >= 15 is 0 Å². The van der Waals surface area contributed by atoms with Gasteiger partial charge in [0.15, 0.2) is 11.6 Å². The Bertz CT molecular complexity index is 855. The highest BCUT2D eigenvalue weighted by Crippen LogP contribution is 2.41. The standard InChI is InChI=1S/C20H28N6O3/c1-20(2,3)29-19(27)26-8-7-16-15(11-26)25(6)18-17(28-16)13(9-21)14(10-22-18)23-12-24(4)5/h10,12,15-16H,7-8,11H2,1-6H3/b23-12+/t15-,16+/m1/s1. The third-order valence-electron chi connectivity index (χ3n) is 4.81. The van der Waals surface area contributed by atoms with Gasteiger partial charge in [0, 0.05) is 40.7 Å². The van der Waals surface area contributed by atoms with E-state index in [2.05, 4.69) is 16.0 Å². The van der Waals surface area contributed by atoms with E-state index in [9.17, 15) is 10.1 Å². The van der Waals surface area contributed by atoms with E-state index in [1.807, 2.05) is 46.8 Å². The van der Waals surface area contributed by atoms with Crippen molar-refractivity contribution in [2.75, 3.05) is 39.1 Å². The van der Waals surface area contributed by atoms with Crippen LogP contribution < -0.4 is 9.64 Å². The van der Waals surface area contributed by atoms with Crippen LogP contribution in [0.3, 0.4) is 0 Å². The van der Waals surface area contributed by atoms with Crippen molar-refractivity contribution >= 4 is 23.9 Å². The second-order valence-corrected chi connectivity index (χ2v) is 8.54. The van der Waals surface area contributed by atoms with E-state index in [0.29, 0.717) is 42.3 Å². The van der Waals surface area contributed by atoms with Crippen molar-refractivity contribution in [3.63, 3.8) is 0 Å². The number of hydrogen-bond donors (Lipinski definition) is 0. The van der Waals surface area contributed by atoms with Crippen molar-refractivity contribution in [2.45, 2.75) is 44.9 Å². The summed E-state index contributed by atoms with van der Waals surface area (Å²) in [4.78, 5) is 26.8. The summed E-state index contributed by atoms with van der Waals surface area (Å²) < 4.78 is 11.7. The molecular formula is C20H28N6O3. The summed E-state index contributed by atoms with van der Waals surface area (Å²) in [5.41, 5.74) is 0.299. The van der Waals surface area contributed by atoms with Crippen molar-refractivity contribution in [1.82, 2.24) is 14.8 Å². The molecule has 29 heavy (non-hydrogen) atoms. The molecule has 1 aromatic heterocycles. The van der Waals surface area contributed by atoms with Gasteiger partial charge in [0.25, 0.3) is 0 Å². The molecule has 0 N–H and O–H groups in total. The number of fused-ring (bicyclic) bond motifs is 2. The van der Waals surface area contributed by atoms with Crippen molar-refractivity contribution in [3.8, 4) is 11.8 Å². The summed E-state index contributed by atoms with van der Waals surface area (Å²) in [5.74, 6) is 1.04. The molecule has 3 rings (SSSR count). The lowest BCUT2D eigenvalue weighted by molar-refractivity contribution is 0.00593. The van der Waals surface area contributed by atoms with Crippen molar-refractivity contribution in [3.05, 3.63) is 11.8 Å². The van der Waals surface area contributed by atoms with Crippen LogP contribution in [0.2, 0.25) is 0 Å². The SMILES string of the molecule is CN(C)/C=N/c1cnc2c(c1C#N)O[C@H]1CCN(C(=O)OC(C)(C)C)C[C@H]1N2C. The summed E-state index contributed by atoms with van der Waals surface area (Å²) >= 11 is 0. The van der Waals surface area contributed by atoms with Crippen LogP contribution in [0.1, 0.15) is 32.8 Å². The lowest BCUT2D eigenvalue weighted by atomic mass is 9.98. The van der Waals surface area contributed by atoms with Crippen LogP contribution in [-0.4, -0.2) is 79.2 Å². The number of pyridine rings is 1. The molecule has 3 heterocycles. The number of nitriles is 1. The topological polar surface area (TPSA) is 94.3 Å². The number of likely N-dealkylation sites (tertiary alicyclic amines) is 1. The number of hydrogen-bond acceptors (Lipinski definition) is 7. The number of likely N-dealkylation sites (N-methyl/N-ethyl adjacent to an activating group) is 1. The van der Waals surface area contributed by atoms with E-state index < -0.39 is 5.60 Å². The Morgan fingerprint density at radius 1 is 1.48 bits per heavy atom. The van der Waals surface area contributed by atoms with Gasteiger partial charge in [0.05, 0.1) is 18.6 Å². The minimum Gasteiger partial charge on any atom is -0.483 e. The number of aromatic nitrogens is 1. The molecule has 0 saturated carbocycles. The number of rotatable bonds is 2. The summed E-state index contributed by atoms with van der Waals surface area (Å²) in [5, 5.41) is 9.71. The highest BCUT2D eigenvalue weighted by molar-refractivity contribution is 5.74. The molecule has 2 aliphatic heterocycles. The fourth-order valence-corrected chi connectivity index (χ4v) is 3.44. The van der Waals surface area contributed by atoms with Gasteiger partial charge >= 0.3 is 6.09 Å². The lowest BCUT2D eigenvalue weighted by Crippen LogP contribution is -2.60.